The minimum absolute atomic E-state index is 0.712. The van der Waals surface area contributed by atoms with Crippen molar-refractivity contribution in [1.82, 2.24) is 0 Å². The van der Waals surface area contributed by atoms with E-state index in [1.165, 1.54) is 6.07 Å². The first-order chi connectivity index (χ1) is 7.29. The van der Waals surface area contributed by atoms with Gasteiger partial charge in [-0.25, -0.2) is 8.42 Å². The van der Waals surface area contributed by atoms with E-state index in [2.05, 4.69) is 0 Å². The molecule has 16 heavy (non-hydrogen) atoms. The fourth-order valence-corrected chi connectivity index (χ4v) is 2.34. The Hall–Kier alpha value is -1.48. The molecule has 0 saturated heterocycles. The summed E-state index contributed by atoms with van der Waals surface area (Å²) in [6.45, 7) is 0. The Morgan fingerprint density at radius 3 is 2.31 bits per heavy atom. The van der Waals surface area contributed by atoms with Crippen molar-refractivity contribution in [2.75, 3.05) is 5.75 Å². The topological polar surface area (TPSA) is 34.1 Å². The van der Waals surface area contributed by atoms with Gasteiger partial charge in [-0.2, -0.15) is 13.2 Å². The highest BCUT2D eigenvalue weighted by Crippen LogP contribution is 2.34. The summed E-state index contributed by atoms with van der Waals surface area (Å²) in [6, 6.07) is 3.95. The smallest absolute Gasteiger partial charge is 0.223 e. The van der Waals surface area contributed by atoms with Gasteiger partial charge in [0.05, 0.1) is 10.5 Å². The van der Waals surface area contributed by atoms with Gasteiger partial charge >= 0.3 is 6.18 Å². The molecule has 2 nitrogen and oxygen atoms in total. The van der Waals surface area contributed by atoms with E-state index < -0.39 is 32.2 Å². The molecule has 0 heterocycles. The van der Waals surface area contributed by atoms with Crippen molar-refractivity contribution in [3.05, 3.63) is 29.8 Å². The highest BCUT2D eigenvalue weighted by atomic mass is 32.2. The lowest BCUT2D eigenvalue weighted by atomic mass is 10.2. The summed E-state index contributed by atoms with van der Waals surface area (Å²) < 4.78 is 60.4. The molecule has 0 aromatic heterocycles. The van der Waals surface area contributed by atoms with Crippen LogP contribution in [0.1, 0.15) is 5.56 Å². The molecule has 86 valence electrons. The predicted molar refractivity (Wildman–Crippen MR) is 52.3 cm³/mol. The van der Waals surface area contributed by atoms with Crippen LogP contribution in [0.3, 0.4) is 0 Å². The molecule has 0 bridgehead atoms. The van der Waals surface area contributed by atoms with Crippen molar-refractivity contribution in [3.63, 3.8) is 0 Å². The molecule has 6 heteroatoms. The molecule has 1 rings (SSSR count). The van der Waals surface area contributed by atoms with Crippen molar-refractivity contribution in [2.45, 2.75) is 11.1 Å². The maximum absolute atomic E-state index is 12.5. The van der Waals surface area contributed by atoms with Crippen LogP contribution in [0.2, 0.25) is 0 Å². The predicted octanol–water partition coefficient (Wildman–Crippen LogP) is 2.11. The standard InChI is InChI=1S/C10H7F3O2S/c1-2-7-16(14,15)9-6-4-3-5-8(9)10(11,12)13/h1,3-6H,7H2. The first kappa shape index (κ1) is 12.6. The van der Waals surface area contributed by atoms with Crippen molar-refractivity contribution in [1.29, 1.82) is 0 Å². The van der Waals surface area contributed by atoms with Gasteiger partial charge in [0.15, 0.2) is 9.84 Å². The lowest BCUT2D eigenvalue weighted by Crippen LogP contribution is -2.14. The van der Waals surface area contributed by atoms with E-state index in [1.807, 2.05) is 5.92 Å². The average molecular weight is 248 g/mol. The number of halogens is 3. The number of terminal acetylenes is 1. The molecule has 0 amide bonds. The van der Waals surface area contributed by atoms with Gasteiger partial charge in [0.1, 0.15) is 5.75 Å². The highest BCUT2D eigenvalue weighted by Gasteiger charge is 2.36. The largest absolute Gasteiger partial charge is 0.417 e. The molecule has 0 saturated carbocycles. The molecular weight excluding hydrogens is 241 g/mol. The second-order valence-corrected chi connectivity index (χ2v) is 4.92. The summed E-state index contributed by atoms with van der Waals surface area (Å²) in [7, 11) is -4.08. The van der Waals surface area contributed by atoms with Crippen LogP contribution in [-0.4, -0.2) is 14.2 Å². The third-order valence-electron chi connectivity index (χ3n) is 1.80. The zero-order valence-electron chi connectivity index (χ0n) is 7.95. The van der Waals surface area contributed by atoms with Crippen LogP contribution in [0.5, 0.6) is 0 Å². The Morgan fingerprint density at radius 2 is 1.81 bits per heavy atom. The molecule has 0 radical (unpaired) electrons. The molecule has 1 aromatic rings. The Kier molecular flexibility index (Phi) is 3.29. The molecule has 0 N–H and O–H groups in total. The van der Waals surface area contributed by atoms with Gasteiger partial charge in [0.2, 0.25) is 0 Å². The lowest BCUT2D eigenvalue weighted by Gasteiger charge is -2.11. The summed E-state index contributed by atoms with van der Waals surface area (Å²) in [6.07, 6.45) is 0.0906. The SMILES string of the molecule is C#CCS(=O)(=O)c1ccccc1C(F)(F)F. The Morgan fingerprint density at radius 1 is 1.25 bits per heavy atom. The van der Waals surface area contributed by atoms with Crippen LogP contribution in [-0.2, 0) is 16.0 Å². The second kappa shape index (κ2) is 4.18. The molecule has 0 aliphatic rings. The summed E-state index contributed by atoms with van der Waals surface area (Å²) >= 11 is 0. The van der Waals surface area contributed by atoms with Gasteiger partial charge in [0, 0.05) is 0 Å². The second-order valence-electron chi connectivity index (χ2n) is 2.96. The third-order valence-corrected chi connectivity index (χ3v) is 3.37. The number of alkyl halides is 3. The number of sulfone groups is 1. The quantitative estimate of drug-likeness (QED) is 0.751. The van der Waals surface area contributed by atoms with Gasteiger partial charge in [-0.05, 0) is 12.1 Å². The van der Waals surface area contributed by atoms with Gasteiger partial charge in [-0.3, -0.25) is 0 Å². The summed E-state index contributed by atoms with van der Waals surface area (Å²) in [5.41, 5.74) is -1.19. The van der Waals surface area contributed by atoms with E-state index in [0.29, 0.717) is 6.07 Å². The van der Waals surface area contributed by atoms with E-state index >= 15 is 0 Å². The highest BCUT2D eigenvalue weighted by molar-refractivity contribution is 7.91. The Bertz CT molecular complexity index is 524. The van der Waals surface area contributed by atoms with Crippen molar-refractivity contribution < 1.29 is 21.6 Å². The molecule has 1 aromatic carbocycles. The van der Waals surface area contributed by atoms with Crippen LogP contribution in [0.25, 0.3) is 0 Å². The van der Waals surface area contributed by atoms with Crippen LogP contribution in [0, 0.1) is 12.3 Å². The third kappa shape index (κ3) is 2.55. The molecule has 0 spiro atoms. The zero-order valence-corrected chi connectivity index (χ0v) is 8.77. The van der Waals surface area contributed by atoms with E-state index in [9.17, 15) is 21.6 Å². The van der Waals surface area contributed by atoms with E-state index in [1.54, 1.807) is 0 Å². The molecule has 0 fully saturated rings. The van der Waals surface area contributed by atoms with Crippen LogP contribution in [0.15, 0.2) is 29.2 Å². The molecule has 0 aliphatic carbocycles. The average Bonchev–Trinajstić information content (AvgIpc) is 2.16. The van der Waals surface area contributed by atoms with Crippen molar-refractivity contribution in [3.8, 4) is 12.3 Å². The number of hydrogen-bond donors (Lipinski definition) is 0. The molecule has 0 atom stereocenters. The first-order valence-corrected chi connectivity index (χ1v) is 5.76. The normalized spacial score (nSPS) is 12.1. The van der Waals surface area contributed by atoms with Crippen molar-refractivity contribution in [2.24, 2.45) is 0 Å². The zero-order chi connectivity index (χ0) is 12.4. The van der Waals surface area contributed by atoms with Gasteiger partial charge in [0.25, 0.3) is 0 Å². The minimum atomic E-state index is -4.71. The number of benzene rings is 1. The first-order valence-electron chi connectivity index (χ1n) is 4.11. The molecule has 0 unspecified atom stereocenters. The van der Waals surface area contributed by atoms with Gasteiger partial charge in [-0.15, -0.1) is 6.42 Å². The minimum Gasteiger partial charge on any atom is -0.223 e. The maximum atomic E-state index is 12.5. The van der Waals surface area contributed by atoms with E-state index in [4.69, 9.17) is 6.42 Å². The van der Waals surface area contributed by atoms with Crippen LogP contribution >= 0.6 is 0 Å². The lowest BCUT2D eigenvalue weighted by molar-refractivity contribution is -0.139. The monoisotopic (exact) mass is 248 g/mol. The van der Waals surface area contributed by atoms with Crippen LogP contribution in [0.4, 0.5) is 13.2 Å². The molecule has 0 aliphatic heterocycles. The van der Waals surface area contributed by atoms with E-state index in [-0.39, 0.29) is 0 Å². The number of rotatable bonds is 2. The van der Waals surface area contributed by atoms with Crippen LogP contribution < -0.4 is 0 Å². The fraction of sp³-hybridized carbons (Fsp3) is 0.200. The Balaban J connectivity index is 3.43. The fourth-order valence-electron chi connectivity index (χ4n) is 1.16. The summed E-state index contributed by atoms with van der Waals surface area (Å²) in [5, 5.41) is 0. The summed E-state index contributed by atoms with van der Waals surface area (Å²) in [5.74, 6) is 1.08. The summed E-state index contributed by atoms with van der Waals surface area (Å²) in [4.78, 5) is -0.777. The molecular formula is C10H7F3O2S. The van der Waals surface area contributed by atoms with E-state index in [0.717, 1.165) is 12.1 Å². The van der Waals surface area contributed by atoms with Gasteiger partial charge < -0.3 is 0 Å². The van der Waals surface area contributed by atoms with Crippen molar-refractivity contribution >= 4 is 9.84 Å². The van der Waals surface area contributed by atoms with Gasteiger partial charge in [-0.1, -0.05) is 18.1 Å². The number of hydrogen-bond acceptors (Lipinski definition) is 2. The Labute approximate surface area is 91.0 Å². The maximum Gasteiger partial charge on any atom is 0.417 e.